The maximum Gasteiger partial charge on any atom is 0.341 e. The van der Waals surface area contributed by atoms with Crippen LogP contribution in [0.4, 0.5) is 8.78 Å². The molecule has 0 saturated carbocycles. The molecule has 0 aliphatic heterocycles. The van der Waals surface area contributed by atoms with Crippen LogP contribution in [0.1, 0.15) is 22.8 Å². The summed E-state index contributed by atoms with van der Waals surface area (Å²) in [5, 5.41) is 2.61. The topological polar surface area (TPSA) is 55.4 Å². The van der Waals surface area contributed by atoms with Crippen LogP contribution >= 0.6 is 15.9 Å². The van der Waals surface area contributed by atoms with Crippen LogP contribution < -0.4 is 5.32 Å². The Morgan fingerprint density at radius 3 is 2.48 bits per heavy atom. The number of carbonyl (C=O) groups is 2. The molecule has 0 aromatic heterocycles. The molecule has 0 aliphatic carbocycles. The molecule has 7 heteroatoms. The molecule has 4 nitrogen and oxygen atoms in total. The van der Waals surface area contributed by atoms with E-state index in [0.717, 1.165) is 11.6 Å². The summed E-state index contributed by atoms with van der Waals surface area (Å²) < 4.78 is 32.0. The van der Waals surface area contributed by atoms with E-state index in [-0.39, 0.29) is 11.4 Å². The predicted octanol–water partition coefficient (Wildman–Crippen LogP) is 3.63. The summed E-state index contributed by atoms with van der Waals surface area (Å²) in [7, 11) is 0. The second kappa shape index (κ2) is 8.71. The van der Waals surface area contributed by atoms with Gasteiger partial charge in [0.1, 0.15) is 11.6 Å². The highest BCUT2D eigenvalue weighted by molar-refractivity contribution is 9.10. The van der Waals surface area contributed by atoms with E-state index in [4.69, 9.17) is 4.74 Å². The van der Waals surface area contributed by atoms with Gasteiger partial charge in [-0.3, -0.25) is 4.79 Å². The fourth-order valence-corrected chi connectivity index (χ4v) is 2.39. The number of amides is 1. The van der Waals surface area contributed by atoms with Gasteiger partial charge >= 0.3 is 5.97 Å². The zero-order valence-corrected chi connectivity index (χ0v) is 15.0. The van der Waals surface area contributed by atoms with Crippen molar-refractivity contribution in [1.82, 2.24) is 5.32 Å². The van der Waals surface area contributed by atoms with Crippen molar-refractivity contribution in [2.45, 2.75) is 19.4 Å². The molecular formula is C18H16BrF2NO3. The van der Waals surface area contributed by atoms with Crippen LogP contribution in [0.2, 0.25) is 0 Å². The normalized spacial score (nSPS) is 11.7. The minimum absolute atomic E-state index is 0.242. The molecule has 2 rings (SSSR count). The molecule has 0 heterocycles. The van der Waals surface area contributed by atoms with E-state index in [1.165, 1.54) is 31.2 Å². The van der Waals surface area contributed by atoms with Gasteiger partial charge in [0.25, 0.3) is 5.91 Å². The standard InChI is InChI=1S/C18H16BrF2NO3/c1-11(25-18(24)15-7-4-13(19)10-16(15)21)17(23)22-9-8-12-2-5-14(20)6-3-12/h2-7,10-11H,8-9H2,1H3,(H,22,23)/t11-/m0/s1. The maximum absolute atomic E-state index is 13.7. The zero-order chi connectivity index (χ0) is 18.4. The summed E-state index contributed by atoms with van der Waals surface area (Å²) >= 11 is 3.09. The highest BCUT2D eigenvalue weighted by Gasteiger charge is 2.20. The zero-order valence-electron chi connectivity index (χ0n) is 13.4. The van der Waals surface area contributed by atoms with Gasteiger partial charge in [0.05, 0.1) is 5.56 Å². The van der Waals surface area contributed by atoms with Crippen LogP contribution in [-0.4, -0.2) is 24.5 Å². The van der Waals surface area contributed by atoms with Crippen molar-refractivity contribution in [1.29, 1.82) is 0 Å². The van der Waals surface area contributed by atoms with E-state index in [0.29, 0.717) is 17.4 Å². The van der Waals surface area contributed by atoms with Crippen LogP contribution in [0.5, 0.6) is 0 Å². The number of benzene rings is 2. The smallest absolute Gasteiger partial charge is 0.341 e. The van der Waals surface area contributed by atoms with E-state index < -0.39 is 23.8 Å². The van der Waals surface area contributed by atoms with Crippen molar-refractivity contribution >= 4 is 27.8 Å². The van der Waals surface area contributed by atoms with Crippen molar-refractivity contribution in [3.05, 3.63) is 69.7 Å². The number of hydrogen-bond donors (Lipinski definition) is 1. The summed E-state index contributed by atoms with van der Waals surface area (Å²) in [6.45, 7) is 1.71. The molecule has 0 unspecified atom stereocenters. The van der Waals surface area contributed by atoms with E-state index in [9.17, 15) is 18.4 Å². The van der Waals surface area contributed by atoms with Gasteiger partial charge < -0.3 is 10.1 Å². The average Bonchev–Trinajstić information content (AvgIpc) is 2.56. The quantitative estimate of drug-likeness (QED) is 0.738. The fraction of sp³-hybridized carbons (Fsp3) is 0.222. The lowest BCUT2D eigenvalue weighted by Gasteiger charge is -2.14. The first-order valence-corrected chi connectivity index (χ1v) is 8.34. The van der Waals surface area contributed by atoms with Crippen LogP contribution in [0.15, 0.2) is 46.9 Å². The summed E-state index contributed by atoms with van der Waals surface area (Å²) in [4.78, 5) is 23.9. The van der Waals surface area contributed by atoms with E-state index in [1.54, 1.807) is 12.1 Å². The Bertz CT molecular complexity index is 765. The second-order valence-electron chi connectivity index (χ2n) is 5.34. The third kappa shape index (κ3) is 5.63. The third-order valence-electron chi connectivity index (χ3n) is 3.43. The van der Waals surface area contributed by atoms with Gasteiger partial charge in [0.15, 0.2) is 6.10 Å². The predicted molar refractivity (Wildman–Crippen MR) is 92.1 cm³/mol. The molecule has 0 bridgehead atoms. The number of esters is 1. The van der Waals surface area contributed by atoms with Gasteiger partial charge in [-0.2, -0.15) is 0 Å². The van der Waals surface area contributed by atoms with E-state index >= 15 is 0 Å². The van der Waals surface area contributed by atoms with Gasteiger partial charge in [-0.1, -0.05) is 28.1 Å². The minimum Gasteiger partial charge on any atom is -0.449 e. The van der Waals surface area contributed by atoms with Crippen LogP contribution in [0, 0.1) is 11.6 Å². The molecular weight excluding hydrogens is 396 g/mol. The Morgan fingerprint density at radius 2 is 1.84 bits per heavy atom. The molecule has 2 aromatic carbocycles. The molecule has 1 atom stereocenters. The van der Waals surface area contributed by atoms with Gasteiger partial charge in [-0.25, -0.2) is 13.6 Å². The first-order valence-electron chi connectivity index (χ1n) is 7.55. The van der Waals surface area contributed by atoms with Crippen molar-refractivity contribution in [3.63, 3.8) is 0 Å². The average molecular weight is 412 g/mol. The third-order valence-corrected chi connectivity index (χ3v) is 3.92. The van der Waals surface area contributed by atoms with Crippen LogP contribution in [-0.2, 0) is 16.0 Å². The Morgan fingerprint density at radius 1 is 1.16 bits per heavy atom. The maximum atomic E-state index is 13.7. The van der Waals surface area contributed by atoms with Crippen LogP contribution in [0.25, 0.3) is 0 Å². The lowest BCUT2D eigenvalue weighted by molar-refractivity contribution is -0.129. The van der Waals surface area contributed by atoms with Crippen molar-refractivity contribution in [2.24, 2.45) is 0 Å². The summed E-state index contributed by atoms with van der Waals surface area (Å²) in [6, 6.07) is 9.86. The molecule has 0 fully saturated rings. The number of carbonyl (C=O) groups excluding carboxylic acids is 2. The molecule has 1 N–H and O–H groups in total. The lowest BCUT2D eigenvalue weighted by atomic mass is 10.1. The summed E-state index contributed by atoms with van der Waals surface area (Å²) in [6.07, 6.45) is -0.558. The Kier molecular flexibility index (Phi) is 6.64. The molecule has 0 spiro atoms. The van der Waals surface area contributed by atoms with Gasteiger partial charge in [-0.15, -0.1) is 0 Å². The number of halogens is 3. The highest BCUT2D eigenvalue weighted by atomic mass is 79.9. The summed E-state index contributed by atoms with van der Waals surface area (Å²) in [5.74, 6) is -2.46. The molecule has 0 radical (unpaired) electrons. The van der Waals surface area contributed by atoms with Gasteiger partial charge in [-0.05, 0) is 49.2 Å². The molecule has 25 heavy (non-hydrogen) atoms. The molecule has 2 aromatic rings. The summed E-state index contributed by atoms with van der Waals surface area (Å²) in [5.41, 5.74) is 0.623. The fourth-order valence-electron chi connectivity index (χ4n) is 2.06. The first-order chi connectivity index (χ1) is 11.9. The number of nitrogens with one attached hydrogen (secondary N) is 1. The molecule has 132 valence electrons. The van der Waals surface area contributed by atoms with Crippen molar-refractivity contribution < 1.29 is 23.1 Å². The van der Waals surface area contributed by atoms with Crippen LogP contribution in [0.3, 0.4) is 0 Å². The minimum atomic E-state index is -1.07. The van der Waals surface area contributed by atoms with Crippen molar-refractivity contribution in [3.8, 4) is 0 Å². The van der Waals surface area contributed by atoms with Crippen molar-refractivity contribution in [2.75, 3.05) is 6.54 Å². The number of ether oxygens (including phenoxy) is 1. The van der Waals surface area contributed by atoms with E-state index in [1.807, 2.05) is 0 Å². The molecule has 0 saturated heterocycles. The highest BCUT2D eigenvalue weighted by Crippen LogP contribution is 2.16. The number of hydrogen-bond acceptors (Lipinski definition) is 3. The largest absolute Gasteiger partial charge is 0.449 e. The first kappa shape index (κ1) is 19.1. The molecule has 0 aliphatic rings. The SMILES string of the molecule is C[C@H](OC(=O)c1ccc(Br)cc1F)C(=O)NCCc1ccc(F)cc1. The van der Waals surface area contributed by atoms with Gasteiger partial charge in [0, 0.05) is 11.0 Å². The van der Waals surface area contributed by atoms with E-state index in [2.05, 4.69) is 21.2 Å². The Balaban J connectivity index is 1.83. The monoisotopic (exact) mass is 411 g/mol. The lowest BCUT2D eigenvalue weighted by Crippen LogP contribution is -2.37. The second-order valence-corrected chi connectivity index (χ2v) is 6.25. The van der Waals surface area contributed by atoms with Gasteiger partial charge in [0.2, 0.25) is 0 Å². The molecule has 1 amide bonds. The number of rotatable bonds is 6. The Hall–Kier alpha value is -2.28. The Labute approximate surface area is 152 Å².